The molecule has 0 rings (SSSR count). The fraction of sp³-hybridized carbons (Fsp3) is 0.889. The van der Waals surface area contributed by atoms with Gasteiger partial charge in [0.1, 0.15) is 6.10 Å². The van der Waals surface area contributed by atoms with Gasteiger partial charge in [-0.25, -0.2) is 4.57 Å². The van der Waals surface area contributed by atoms with Crippen LogP contribution in [0, 0.1) is 0 Å². The predicted octanol–water partition coefficient (Wildman–Crippen LogP) is -0.0825. The first-order valence-corrected chi connectivity index (χ1v) is 6.79. The van der Waals surface area contributed by atoms with Crippen molar-refractivity contribution in [2.75, 3.05) is 40.6 Å². The zero-order valence-corrected chi connectivity index (χ0v) is 11.6. The number of phosphoric acid groups is 1. The number of carbonyl (C=O) groups is 1. The second kappa shape index (κ2) is 9.43. The third kappa shape index (κ3) is 9.52. The lowest BCUT2D eigenvalue weighted by Gasteiger charge is -2.17. The number of rotatable bonds is 10. The monoisotopic (exact) mass is 285 g/mol. The van der Waals surface area contributed by atoms with E-state index in [1.165, 1.54) is 21.1 Å². The SMILES string of the molecule is COCC(COP(=O)(O)OCCNC(C)=O)OC. The highest BCUT2D eigenvalue weighted by molar-refractivity contribution is 7.47. The van der Waals surface area contributed by atoms with E-state index in [9.17, 15) is 14.3 Å². The summed E-state index contributed by atoms with van der Waals surface area (Å²) in [6, 6.07) is 0. The minimum absolute atomic E-state index is 0.116. The number of hydrogen-bond acceptors (Lipinski definition) is 6. The molecule has 0 aromatic heterocycles. The van der Waals surface area contributed by atoms with Gasteiger partial charge in [0, 0.05) is 27.7 Å². The topological polar surface area (TPSA) is 103 Å². The maximum absolute atomic E-state index is 11.4. The van der Waals surface area contributed by atoms with Crippen LogP contribution in [0.1, 0.15) is 6.92 Å². The summed E-state index contributed by atoms with van der Waals surface area (Å²) in [5.74, 6) is -0.244. The van der Waals surface area contributed by atoms with Crippen molar-refractivity contribution in [1.29, 1.82) is 0 Å². The van der Waals surface area contributed by atoms with Gasteiger partial charge in [0.2, 0.25) is 5.91 Å². The lowest BCUT2D eigenvalue weighted by Crippen LogP contribution is -2.25. The molecule has 2 atom stereocenters. The van der Waals surface area contributed by atoms with Gasteiger partial charge in [0.25, 0.3) is 0 Å². The summed E-state index contributed by atoms with van der Waals surface area (Å²) in [5, 5.41) is 2.42. The van der Waals surface area contributed by atoms with E-state index in [1.807, 2.05) is 0 Å². The van der Waals surface area contributed by atoms with Gasteiger partial charge in [-0.15, -0.1) is 0 Å². The predicted molar refractivity (Wildman–Crippen MR) is 63.1 cm³/mol. The average molecular weight is 285 g/mol. The van der Waals surface area contributed by atoms with E-state index in [-0.39, 0.29) is 32.3 Å². The molecule has 108 valence electrons. The molecule has 9 heteroatoms. The molecule has 0 heterocycles. The van der Waals surface area contributed by atoms with Crippen LogP contribution >= 0.6 is 7.82 Å². The van der Waals surface area contributed by atoms with Crippen molar-refractivity contribution in [1.82, 2.24) is 5.32 Å². The van der Waals surface area contributed by atoms with Crippen molar-refractivity contribution in [3.8, 4) is 0 Å². The van der Waals surface area contributed by atoms with Gasteiger partial charge in [-0.1, -0.05) is 0 Å². The van der Waals surface area contributed by atoms with Gasteiger partial charge in [0.05, 0.1) is 19.8 Å². The second-order valence-electron chi connectivity index (χ2n) is 3.39. The van der Waals surface area contributed by atoms with Gasteiger partial charge in [0.15, 0.2) is 0 Å². The fourth-order valence-corrected chi connectivity index (χ4v) is 1.72. The molecule has 0 aliphatic carbocycles. The number of methoxy groups -OCH3 is 2. The first-order chi connectivity index (χ1) is 8.41. The quantitative estimate of drug-likeness (QED) is 0.427. The van der Waals surface area contributed by atoms with Crippen molar-refractivity contribution in [3.05, 3.63) is 0 Å². The summed E-state index contributed by atoms with van der Waals surface area (Å²) in [4.78, 5) is 19.8. The van der Waals surface area contributed by atoms with E-state index in [0.717, 1.165) is 0 Å². The molecule has 0 aromatic carbocycles. The van der Waals surface area contributed by atoms with E-state index in [0.29, 0.717) is 0 Å². The van der Waals surface area contributed by atoms with Crippen LogP contribution in [0.25, 0.3) is 0 Å². The number of phosphoric ester groups is 1. The molecule has 0 aliphatic rings. The van der Waals surface area contributed by atoms with Gasteiger partial charge in [-0.2, -0.15) is 0 Å². The van der Waals surface area contributed by atoms with Gasteiger partial charge in [-0.3, -0.25) is 13.8 Å². The smallest absolute Gasteiger partial charge is 0.382 e. The zero-order chi connectivity index (χ0) is 14.0. The Balaban J connectivity index is 3.84. The molecule has 0 aromatic rings. The van der Waals surface area contributed by atoms with Crippen LogP contribution in [0.15, 0.2) is 0 Å². The van der Waals surface area contributed by atoms with Crippen LogP contribution in [0.5, 0.6) is 0 Å². The number of hydrogen-bond donors (Lipinski definition) is 2. The molecule has 0 bridgehead atoms. The summed E-state index contributed by atoms with van der Waals surface area (Å²) in [6.45, 7) is 1.47. The molecule has 0 saturated heterocycles. The molecule has 18 heavy (non-hydrogen) atoms. The highest BCUT2D eigenvalue weighted by Gasteiger charge is 2.23. The zero-order valence-electron chi connectivity index (χ0n) is 10.7. The van der Waals surface area contributed by atoms with Crippen molar-refractivity contribution in [3.63, 3.8) is 0 Å². The normalized spacial score (nSPS) is 16.0. The summed E-state index contributed by atoms with van der Waals surface area (Å²) in [6.07, 6.45) is -0.450. The lowest BCUT2D eigenvalue weighted by atomic mass is 10.4. The van der Waals surface area contributed by atoms with Crippen molar-refractivity contribution in [2.24, 2.45) is 0 Å². The Labute approximate surface area is 106 Å². The van der Waals surface area contributed by atoms with E-state index in [4.69, 9.17) is 14.0 Å². The Hall–Kier alpha value is -0.500. The third-order valence-electron chi connectivity index (χ3n) is 1.84. The number of carbonyl (C=O) groups excluding carboxylic acids is 1. The van der Waals surface area contributed by atoms with Crippen molar-refractivity contribution in [2.45, 2.75) is 13.0 Å². The molecule has 0 spiro atoms. The largest absolute Gasteiger partial charge is 0.472 e. The molecule has 1 amide bonds. The van der Waals surface area contributed by atoms with Crippen LogP contribution in [0.4, 0.5) is 0 Å². The summed E-state index contributed by atoms with van der Waals surface area (Å²) in [5.41, 5.74) is 0. The average Bonchev–Trinajstić information content (AvgIpc) is 2.30. The minimum Gasteiger partial charge on any atom is -0.382 e. The van der Waals surface area contributed by atoms with E-state index in [2.05, 4.69) is 9.84 Å². The summed E-state index contributed by atoms with van der Waals surface area (Å²) >= 11 is 0. The maximum atomic E-state index is 11.4. The second-order valence-corrected chi connectivity index (χ2v) is 4.85. The minimum atomic E-state index is -4.13. The Morgan fingerprint density at radius 2 is 2.00 bits per heavy atom. The fourth-order valence-electron chi connectivity index (χ4n) is 0.973. The van der Waals surface area contributed by atoms with Crippen molar-refractivity contribution >= 4 is 13.7 Å². The standard InChI is InChI=1S/C9H20NO7P/c1-8(11)10-4-5-16-18(12,13)17-7-9(15-3)6-14-2/h9H,4-7H2,1-3H3,(H,10,11)(H,12,13). The van der Waals surface area contributed by atoms with Crippen LogP contribution < -0.4 is 5.32 Å². The van der Waals surface area contributed by atoms with E-state index in [1.54, 1.807) is 0 Å². The Morgan fingerprint density at radius 3 is 2.50 bits per heavy atom. The van der Waals surface area contributed by atoms with E-state index < -0.39 is 13.9 Å². The van der Waals surface area contributed by atoms with Crippen molar-refractivity contribution < 1.29 is 32.8 Å². The molecule has 0 aliphatic heterocycles. The number of amides is 1. The van der Waals surface area contributed by atoms with Crippen LogP contribution in [0.2, 0.25) is 0 Å². The Bertz CT molecular complexity index is 286. The Kier molecular flexibility index (Phi) is 9.17. The molecule has 0 fully saturated rings. The van der Waals surface area contributed by atoms with Gasteiger partial charge in [-0.05, 0) is 0 Å². The van der Waals surface area contributed by atoms with Crippen LogP contribution in [0.3, 0.4) is 0 Å². The summed E-state index contributed by atoms with van der Waals surface area (Å²) in [7, 11) is -1.21. The first-order valence-electron chi connectivity index (χ1n) is 5.29. The highest BCUT2D eigenvalue weighted by Crippen LogP contribution is 2.42. The van der Waals surface area contributed by atoms with Gasteiger partial charge < -0.3 is 19.7 Å². The number of nitrogens with one attached hydrogen (secondary N) is 1. The molecule has 0 saturated carbocycles. The molecular weight excluding hydrogens is 265 g/mol. The molecule has 2 unspecified atom stereocenters. The maximum Gasteiger partial charge on any atom is 0.472 e. The highest BCUT2D eigenvalue weighted by atomic mass is 31.2. The van der Waals surface area contributed by atoms with E-state index >= 15 is 0 Å². The van der Waals surface area contributed by atoms with Crippen LogP contribution in [-0.4, -0.2) is 57.5 Å². The first kappa shape index (κ1) is 17.5. The summed E-state index contributed by atoms with van der Waals surface area (Å²) < 4.78 is 30.5. The van der Waals surface area contributed by atoms with Crippen LogP contribution in [-0.2, 0) is 27.9 Å². The number of ether oxygens (including phenoxy) is 2. The third-order valence-corrected chi connectivity index (χ3v) is 2.82. The molecular formula is C9H20NO7P. The lowest BCUT2D eigenvalue weighted by molar-refractivity contribution is -0.119. The molecule has 0 radical (unpaired) electrons. The molecule has 2 N–H and O–H groups in total. The molecule has 8 nitrogen and oxygen atoms in total. The van der Waals surface area contributed by atoms with Gasteiger partial charge >= 0.3 is 7.82 Å². The Morgan fingerprint density at radius 1 is 1.33 bits per heavy atom.